The number of benzene rings is 2. The van der Waals surface area contributed by atoms with E-state index in [0.29, 0.717) is 6.42 Å². The fraction of sp³-hybridized carbons (Fsp3) is 0.350. The molecular weight excluding hydrogens is 272 g/mol. The molecule has 0 bridgehead atoms. The van der Waals surface area contributed by atoms with Gasteiger partial charge in [-0.3, -0.25) is 4.79 Å². The second kappa shape index (κ2) is 5.60. The third-order valence-electron chi connectivity index (χ3n) is 3.97. The number of aryl methyl sites for hydroxylation is 1. The van der Waals surface area contributed by atoms with Crippen molar-refractivity contribution in [3.63, 3.8) is 0 Å². The van der Waals surface area contributed by atoms with E-state index in [-0.39, 0.29) is 5.97 Å². The molecule has 0 atom stereocenters. The maximum Gasteiger partial charge on any atom is 0.306 e. The normalized spacial score (nSPS) is 12.7. The number of hydrogen-bond acceptors (Lipinski definition) is 2. The smallest absolute Gasteiger partial charge is 0.306 e. The molecule has 0 aromatic heterocycles. The second-order valence-corrected chi connectivity index (χ2v) is 6.86. The van der Waals surface area contributed by atoms with Crippen molar-refractivity contribution >= 4 is 5.97 Å². The summed E-state index contributed by atoms with van der Waals surface area (Å²) in [5, 5.41) is 0. The Bertz CT molecular complexity index is 708. The Labute approximate surface area is 132 Å². The van der Waals surface area contributed by atoms with E-state index < -0.39 is 5.60 Å². The monoisotopic (exact) mass is 294 g/mol. The van der Waals surface area contributed by atoms with Gasteiger partial charge >= 0.3 is 5.97 Å². The van der Waals surface area contributed by atoms with E-state index in [9.17, 15) is 4.79 Å². The van der Waals surface area contributed by atoms with Crippen LogP contribution in [0.4, 0.5) is 0 Å². The summed E-state index contributed by atoms with van der Waals surface area (Å²) in [7, 11) is 0. The molecule has 1 aliphatic carbocycles. The molecule has 0 amide bonds. The predicted molar refractivity (Wildman–Crippen MR) is 88.9 cm³/mol. The summed E-state index contributed by atoms with van der Waals surface area (Å²) in [5.74, 6) is -0.124. The molecule has 0 N–H and O–H groups in total. The van der Waals surface area contributed by atoms with Crippen LogP contribution in [0.3, 0.4) is 0 Å². The summed E-state index contributed by atoms with van der Waals surface area (Å²) in [5.41, 5.74) is 6.24. The topological polar surface area (TPSA) is 26.3 Å². The first-order valence-corrected chi connectivity index (χ1v) is 7.85. The highest BCUT2D eigenvalue weighted by Crippen LogP contribution is 2.38. The molecule has 3 rings (SSSR count). The van der Waals surface area contributed by atoms with Crippen molar-refractivity contribution in [3.05, 3.63) is 59.2 Å². The lowest BCUT2D eigenvalue weighted by atomic mass is 9.98. The molecule has 2 nitrogen and oxygen atoms in total. The fourth-order valence-electron chi connectivity index (χ4n) is 3.09. The lowest BCUT2D eigenvalue weighted by Gasteiger charge is -2.19. The zero-order valence-electron chi connectivity index (χ0n) is 13.5. The van der Waals surface area contributed by atoms with Crippen LogP contribution in [-0.2, 0) is 22.4 Å². The van der Waals surface area contributed by atoms with Gasteiger partial charge in [-0.1, -0.05) is 42.5 Å². The number of hydrogen-bond donors (Lipinski definition) is 0. The Hall–Kier alpha value is -2.09. The summed E-state index contributed by atoms with van der Waals surface area (Å²) >= 11 is 0. The highest BCUT2D eigenvalue weighted by Gasteiger charge is 2.21. The lowest BCUT2D eigenvalue weighted by molar-refractivity contribution is -0.154. The van der Waals surface area contributed by atoms with E-state index in [1.54, 1.807) is 0 Å². The highest BCUT2D eigenvalue weighted by molar-refractivity contribution is 5.78. The summed E-state index contributed by atoms with van der Waals surface area (Å²) in [6, 6.07) is 14.9. The Morgan fingerprint density at radius 3 is 2.55 bits per heavy atom. The molecule has 0 fully saturated rings. The third kappa shape index (κ3) is 3.06. The van der Waals surface area contributed by atoms with Crippen LogP contribution in [0.15, 0.2) is 42.5 Å². The molecule has 0 radical (unpaired) electrons. The van der Waals surface area contributed by atoms with Gasteiger partial charge < -0.3 is 4.74 Å². The van der Waals surface area contributed by atoms with Gasteiger partial charge in [-0.2, -0.15) is 0 Å². The molecule has 0 unspecified atom stereocenters. The summed E-state index contributed by atoms with van der Waals surface area (Å²) < 4.78 is 5.40. The van der Waals surface area contributed by atoms with Crippen LogP contribution < -0.4 is 0 Å². The summed E-state index contributed by atoms with van der Waals surface area (Å²) in [6.45, 7) is 5.71. The maximum absolute atomic E-state index is 11.9. The van der Waals surface area contributed by atoms with Gasteiger partial charge in [0.25, 0.3) is 0 Å². The number of carbonyl (C=O) groups excluding carboxylic acids is 1. The Kier molecular flexibility index (Phi) is 3.78. The van der Waals surface area contributed by atoms with Gasteiger partial charge in [0.1, 0.15) is 5.60 Å². The molecule has 22 heavy (non-hydrogen) atoms. The first kappa shape index (κ1) is 14.8. The quantitative estimate of drug-likeness (QED) is 0.663. The van der Waals surface area contributed by atoms with Crippen LogP contribution in [0.25, 0.3) is 11.1 Å². The minimum absolute atomic E-state index is 0.124. The van der Waals surface area contributed by atoms with Gasteiger partial charge in [0.2, 0.25) is 0 Å². The largest absolute Gasteiger partial charge is 0.460 e. The number of ether oxygens (including phenoxy) is 1. The van der Waals surface area contributed by atoms with Crippen LogP contribution in [0.5, 0.6) is 0 Å². The number of carbonyl (C=O) groups is 1. The fourth-order valence-corrected chi connectivity index (χ4v) is 3.09. The van der Waals surface area contributed by atoms with Crippen molar-refractivity contribution in [2.24, 2.45) is 0 Å². The Balaban J connectivity index is 1.76. The Morgan fingerprint density at radius 1 is 1.05 bits per heavy atom. The first-order chi connectivity index (χ1) is 10.4. The van der Waals surface area contributed by atoms with Gasteiger partial charge in [0.05, 0.1) is 0 Å². The average molecular weight is 294 g/mol. The van der Waals surface area contributed by atoms with Gasteiger partial charge in [-0.25, -0.2) is 0 Å². The lowest BCUT2D eigenvalue weighted by Crippen LogP contribution is -2.24. The van der Waals surface area contributed by atoms with Crippen molar-refractivity contribution in [1.82, 2.24) is 0 Å². The molecule has 0 heterocycles. The molecule has 2 aromatic rings. The van der Waals surface area contributed by atoms with Crippen molar-refractivity contribution in [2.45, 2.75) is 45.6 Å². The van der Waals surface area contributed by atoms with Crippen LogP contribution in [0, 0.1) is 0 Å². The van der Waals surface area contributed by atoms with Gasteiger partial charge in [-0.05, 0) is 61.4 Å². The molecule has 0 saturated heterocycles. The van der Waals surface area contributed by atoms with E-state index in [4.69, 9.17) is 4.74 Å². The van der Waals surface area contributed by atoms with Crippen molar-refractivity contribution in [2.75, 3.05) is 0 Å². The van der Waals surface area contributed by atoms with Crippen LogP contribution >= 0.6 is 0 Å². The van der Waals surface area contributed by atoms with Crippen molar-refractivity contribution in [3.8, 4) is 11.1 Å². The van der Waals surface area contributed by atoms with Crippen molar-refractivity contribution in [1.29, 1.82) is 0 Å². The molecule has 0 saturated carbocycles. The maximum atomic E-state index is 11.9. The van der Waals surface area contributed by atoms with Crippen molar-refractivity contribution < 1.29 is 9.53 Å². The van der Waals surface area contributed by atoms with E-state index in [1.165, 1.54) is 27.8 Å². The number of esters is 1. The number of fused-ring (bicyclic) bond motifs is 3. The third-order valence-corrected chi connectivity index (χ3v) is 3.97. The molecule has 0 aliphatic heterocycles. The second-order valence-electron chi connectivity index (χ2n) is 6.86. The standard InChI is InChI=1S/C20H22O2/c1-20(2,3)22-19(21)12-11-14-8-6-10-17-16-9-5-4-7-15(16)13-18(14)17/h4-10H,11-13H2,1-3H3. The van der Waals surface area contributed by atoms with E-state index in [1.807, 2.05) is 20.8 Å². The SMILES string of the molecule is CC(C)(C)OC(=O)CCc1cccc2c1Cc1ccccc1-2. The average Bonchev–Trinajstić information content (AvgIpc) is 2.82. The zero-order valence-corrected chi connectivity index (χ0v) is 13.5. The number of rotatable bonds is 3. The minimum Gasteiger partial charge on any atom is -0.460 e. The summed E-state index contributed by atoms with van der Waals surface area (Å²) in [4.78, 5) is 11.9. The van der Waals surface area contributed by atoms with E-state index in [0.717, 1.165) is 12.8 Å². The first-order valence-electron chi connectivity index (χ1n) is 7.85. The van der Waals surface area contributed by atoms with Crippen LogP contribution in [0.1, 0.15) is 43.9 Å². The van der Waals surface area contributed by atoms with Gasteiger partial charge in [0.15, 0.2) is 0 Å². The molecule has 2 heteroatoms. The zero-order chi connectivity index (χ0) is 15.7. The van der Waals surface area contributed by atoms with E-state index in [2.05, 4.69) is 42.5 Å². The minimum atomic E-state index is -0.411. The predicted octanol–water partition coefficient (Wildman–Crippen LogP) is 4.53. The molecule has 2 aromatic carbocycles. The van der Waals surface area contributed by atoms with Crippen LogP contribution in [0.2, 0.25) is 0 Å². The molecule has 114 valence electrons. The van der Waals surface area contributed by atoms with Gasteiger partial charge in [0, 0.05) is 6.42 Å². The van der Waals surface area contributed by atoms with E-state index >= 15 is 0 Å². The molecule has 1 aliphatic rings. The highest BCUT2D eigenvalue weighted by atomic mass is 16.6. The van der Waals surface area contributed by atoms with Crippen LogP contribution in [-0.4, -0.2) is 11.6 Å². The van der Waals surface area contributed by atoms with Gasteiger partial charge in [-0.15, -0.1) is 0 Å². The molecular formula is C20H22O2. The Morgan fingerprint density at radius 2 is 1.77 bits per heavy atom. The molecule has 0 spiro atoms. The summed E-state index contributed by atoms with van der Waals surface area (Å²) in [6.07, 6.45) is 2.14.